The summed E-state index contributed by atoms with van der Waals surface area (Å²) in [5.41, 5.74) is 2.93. The number of hydrogen-bond acceptors (Lipinski definition) is 4. The number of nitrogens with zero attached hydrogens (tertiary/aromatic N) is 2. The van der Waals surface area contributed by atoms with Crippen LogP contribution in [0.25, 0.3) is 5.57 Å². The van der Waals surface area contributed by atoms with Gasteiger partial charge in [-0.15, -0.1) is 0 Å². The van der Waals surface area contributed by atoms with Gasteiger partial charge in [-0.05, 0) is 48.6 Å². The van der Waals surface area contributed by atoms with Crippen molar-refractivity contribution in [3.63, 3.8) is 0 Å². The summed E-state index contributed by atoms with van der Waals surface area (Å²) in [6.07, 6.45) is 2.78. The lowest BCUT2D eigenvalue weighted by Crippen LogP contribution is -2.27. The molecule has 0 fully saturated rings. The zero-order valence-corrected chi connectivity index (χ0v) is 14.8. The Morgan fingerprint density at radius 1 is 1.38 bits per heavy atom. The Hall–Kier alpha value is -2.35. The largest absolute Gasteiger partial charge is 0.466 e. The van der Waals surface area contributed by atoms with Gasteiger partial charge in [0.05, 0.1) is 5.70 Å². The first kappa shape index (κ1) is 20.0. The van der Waals surface area contributed by atoms with Crippen LogP contribution in [0, 0.1) is 11.7 Å². The highest BCUT2D eigenvalue weighted by molar-refractivity contribution is 5.77. The van der Waals surface area contributed by atoms with Gasteiger partial charge in [-0.3, -0.25) is 5.01 Å². The van der Waals surface area contributed by atoms with Crippen LogP contribution in [0.1, 0.15) is 32.8 Å². The minimum atomic E-state index is -4.56. The third kappa shape index (κ3) is 4.85. The summed E-state index contributed by atoms with van der Waals surface area (Å²) in [6, 6.07) is 1.09. The molecule has 8 heteroatoms. The van der Waals surface area contributed by atoms with E-state index in [0.29, 0.717) is 17.1 Å². The Kier molecular flexibility index (Phi) is 6.07. The smallest absolute Gasteiger partial charge is 0.422 e. The van der Waals surface area contributed by atoms with Gasteiger partial charge in [-0.1, -0.05) is 13.8 Å². The molecule has 0 amide bonds. The van der Waals surface area contributed by atoms with Crippen molar-refractivity contribution in [2.45, 2.75) is 33.4 Å². The van der Waals surface area contributed by atoms with Crippen molar-refractivity contribution in [3.05, 3.63) is 53.3 Å². The lowest BCUT2D eigenvalue weighted by atomic mass is 9.95. The van der Waals surface area contributed by atoms with Crippen molar-refractivity contribution in [1.82, 2.24) is 9.99 Å². The quantitative estimate of drug-likeness (QED) is 0.609. The van der Waals surface area contributed by atoms with Crippen LogP contribution in [-0.2, 0) is 0 Å². The number of halogens is 4. The van der Waals surface area contributed by atoms with Gasteiger partial charge in [0.25, 0.3) is 5.88 Å². The number of pyridine rings is 1. The number of rotatable bonds is 5. The fraction of sp³-hybridized carbons (Fsp3) is 0.389. The number of hydrogen-bond donors (Lipinski definition) is 1. The number of nitrogens with two attached hydrogens (primary N) is 1. The van der Waals surface area contributed by atoms with Gasteiger partial charge in [-0.25, -0.2) is 15.2 Å². The molecule has 2 rings (SSSR count). The van der Waals surface area contributed by atoms with Gasteiger partial charge in [0.1, 0.15) is 0 Å². The maximum Gasteiger partial charge on any atom is 0.422 e. The Labute approximate surface area is 149 Å². The molecule has 2 N–H and O–H groups in total. The summed E-state index contributed by atoms with van der Waals surface area (Å²) >= 11 is 0. The Morgan fingerprint density at radius 2 is 2.08 bits per heavy atom. The molecular weight excluding hydrogens is 350 g/mol. The molecule has 4 nitrogen and oxygen atoms in total. The topological polar surface area (TPSA) is 51.4 Å². The van der Waals surface area contributed by atoms with Crippen molar-refractivity contribution in [2.24, 2.45) is 11.8 Å². The molecule has 0 bridgehead atoms. The Bertz CT molecular complexity index is 753. The molecule has 0 radical (unpaired) electrons. The van der Waals surface area contributed by atoms with Gasteiger partial charge in [0.2, 0.25) is 0 Å². The Balaban J connectivity index is 2.30. The first-order valence-electron chi connectivity index (χ1n) is 8.12. The van der Waals surface area contributed by atoms with E-state index in [4.69, 9.17) is 5.84 Å². The SMILES string of the molecule is CCC(C)/C(C)=C1/C=C(c2cnc(OCC(F)(F)F)c(F)c2)C=CN1N. The second kappa shape index (κ2) is 7.90. The molecule has 1 aromatic rings. The summed E-state index contributed by atoms with van der Waals surface area (Å²) in [5, 5.41) is 1.48. The first-order chi connectivity index (χ1) is 12.1. The summed E-state index contributed by atoms with van der Waals surface area (Å²) in [6.45, 7) is 4.53. The van der Waals surface area contributed by atoms with E-state index in [1.165, 1.54) is 11.2 Å². The molecule has 1 aromatic heterocycles. The highest BCUT2D eigenvalue weighted by atomic mass is 19.4. The number of allylic oxidation sites excluding steroid dienone is 4. The minimum absolute atomic E-state index is 0.313. The number of hydrazine groups is 1. The molecule has 26 heavy (non-hydrogen) atoms. The molecule has 1 atom stereocenters. The average molecular weight is 371 g/mol. The third-order valence-corrected chi connectivity index (χ3v) is 4.25. The van der Waals surface area contributed by atoms with Gasteiger partial charge in [0.15, 0.2) is 12.4 Å². The number of ether oxygens (including phenoxy) is 1. The summed E-state index contributed by atoms with van der Waals surface area (Å²) in [7, 11) is 0. The maximum atomic E-state index is 14.0. The second-order valence-electron chi connectivity index (χ2n) is 6.12. The van der Waals surface area contributed by atoms with Gasteiger partial charge in [-0.2, -0.15) is 13.2 Å². The predicted molar refractivity (Wildman–Crippen MR) is 91.0 cm³/mol. The van der Waals surface area contributed by atoms with Crippen LogP contribution in [0.2, 0.25) is 0 Å². The number of alkyl halides is 3. The van der Waals surface area contributed by atoms with Crippen LogP contribution in [-0.4, -0.2) is 22.8 Å². The fourth-order valence-corrected chi connectivity index (χ4v) is 2.41. The summed E-state index contributed by atoms with van der Waals surface area (Å²) in [4.78, 5) is 3.66. The zero-order valence-electron chi connectivity index (χ0n) is 14.8. The fourth-order valence-electron chi connectivity index (χ4n) is 2.41. The van der Waals surface area contributed by atoms with Crippen LogP contribution < -0.4 is 10.6 Å². The standard InChI is InChI=1S/C18H21F4N3O/c1-4-11(2)12(3)16-8-13(5-6-25(16)23)14-7-15(19)17(24-9-14)26-10-18(20,21)22/h5-9,11H,4,10,23H2,1-3H3/b16-12-. The molecule has 0 saturated carbocycles. The van der Waals surface area contributed by atoms with Crippen molar-refractivity contribution in [3.8, 4) is 5.88 Å². The lowest BCUT2D eigenvalue weighted by Gasteiger charge is -2.25. The van der Waals surface area contributed by atoms with E-state index in [1.807, 2.05) is 6.92 Å². The minimum Gasteiger partial charge on any atom is -0.466 e. The molecule has 2 heterocycles. The average Bonchev–Trinajstić information content (AvgIpc) is 2.59. The molecule has 0 aliphatic carbocycles. The van der Waals surface area contributed by atoms with Gasteiger partial charge >= 0.3 is 6.18 Å². The monoisotopic (exact) mass is 371 g/mol. The first-order valence-corrected chi connectivity index (χ1v) is 8.12. The van der Waals surface area contributed by atoms with Crippen molar-refractivity contribution < 1.29 is 22.3 Å². The van der Waals surface area contributed by atoms with Crippen molar-refractivity contribution in [2.75, 3.05) is 6.61 Å². The highest BCUT2D eigenvalue weighted by Gasteiger charge is 2.29. The lowest BCUT2D eigenvalue weighted by molar-refractivity contribution is -0.154. The molecule has 1 aliphatic rings. The highest BCUT2D eigenvalue weighted by Crippen LogP contribution is 2.29. The molecule has 142 valence electrons. The van der Waals surface area contributed by atoms with Crippen LogP contribution in [0.4, 0.5) is 17.6 Å². The van der Waals surface area contributed by atoms with Gasteiger partial charge < -0.3 is 4.74 Å². The van der Waals surface area contributed by atoms with Gasteiger partial charge in [0, 0.05) is 18.0 Å². The van der Waals surface area contributed by atoms with E-state index in [0.717, 1.165) is 23.8 Å². The van der Waals surface area contributed by atoms with E-state index >= 15 is 0 Å². The maximum absolute atomic E-state index is 14.0. The van der Waals surface area contributed by atoms with E-state index in [2.05, 4.69) is 23.6 Å². The summed E-state index contributed by atoms with van der Waals surface area (Å²) in [5.74, 6) is 4.65. The molecule has 1 unspecified atom stereocenters. The van der Waals surface area contributed by atoms with Crippen molar-refractivity contribution >= 4 is 5.57 Å². The molecule has 0 aromatic carbocycles. The second-order valence-corrected chi connectivity index (χ2v) is 6.12. The van der Waals surface area contributed by atoms with Crippen LogP contribution in [0.5, 0.6) is 5.88 Å². The zero-order chi connectivity index (χ0) is 19.5. The Morgan fingerprint density at radius 3 is 2.65 bits per heavy atom. The predicted octanol–water partition coefficient (Wildman–Crippen LogP) is 4.57. The summed E-state index contributed by atoms with van der Waals surface area (Å²) < 4.78 is 55.0. The molecular formula is C18H21F4N3O. The van der Waals surface area contributed by atoms with Crippen LogP contribution >= 0.6 is 0 Å². The van der Waals surface area contributed by atoms with E-state index in [1.54, 1.807) is 18.4 Å². The normalized spacial score (nSPS) is 17.8. The van der Waals surface area contributed by atoms with E-state index in [9.17, 15) is 17.6 Å². The molecule has 0 spiro atoms. The number of aromatic nitrogens is 1. The van der Waals surface area contributed by atoms with E-state index in [-0.39, 0.29) is 0 Å². The van der Waals surface area contributed by atoms with Crippen molar-refractivity contribution in [1.29, 1.82) is 0 Å². The van der Waals surface area contributed by atoms with E-state index < -0.39 is 24.5 Å². The third-order valence-electron chi connectivity index (χ3n) is 4.25. The van der Waals surface area contributed by atoms with Crippen LogP contribution in [0.15, 0.2) is 41.9 Å². The molecule has 1 aliphatic heterocycles. The molecule has 0 saturated heterocycles. The van der Waals surface area contributed by atoms with Crippen LogP contribution in [0.3, 0.4) is 0 Å².